The molecule has 18 heavy (non-hydrogen) atoms. The van der Waals surface area contributed by atoms with E-state index < -0.39 is 6.10 Å². The minimum Gasteiger partial charge on any atom is -0.497 e. The zero-order chi connectivity index (χ0) is 13.5. The number of carbonyl (C=O) groups is 1. The van der Waals surface area contributed by atoms with Crippen LogP contribution in [-0.2, 0) is 4.79 Å². The molecule has 0 fully saturated rings. The Hall–Kier alpha value is -1.49. The molecule has 1 unspecified atom stereocenters. The summed E-state index contributed by atoms with van der Waals surface area (Å²) in [5, 5.41) is 2.67. The van der Waals surface area contributed by atoms with Crippen molar-refractivity contribution in [2.75, 3.05) is 13.7 Å². The van der Waals surface area contributed by atoms with Crippen LogP contribution < -0.4 is 14.8 Å². The van der Waals surface area contributed by atoms with Crippen molar-refractivity contribution in [1.82, 2.24) is 5.32 Å². The molecule has 0 aliphatic carbocycles. The molecule has 0 saturated heterocycles. The molecule has 0 aliphatic rings. The van der Waals surface area contributed by atoms with Crippen molar-refractivity contribution in [3.05, 3.63) is 35.3 Å². The Bertz CT molecular complexity index is 434. The third kappa shape index (κ3) is 4.07. The minimum atomic E-state index is -0.574. The fourth-order valence-corrected chi connectivity index (χ4v) is 1.72. The highest BCUT2D eigenvalue weighted by Gasteiger charge is 2.15. The van der Waals surface area contributed by atoms with Crippen LogP contribution in [0.15, 0.2) is 35.3 Å². The summed E-state index contributed by atoms with van der Waals surface area (Å²) >= 11 is 3.37. The van der Waals surface area contributed by atoms with Crippen LogP contribution in [0.4, 0.5) is 0 Å². The fraction of sp³-hybridized carbons (Fsp3) is 0.308. The molecule has 1 aromatic rings. The fourth-order valence-electron chi connectivity index (χ4n) is 1.26. The Morgan fingerprint density at radius 1 is 1.61 bits per heavy atom. The zero-order valence-corrected chi connectivity index (χ0v) is 12.0. The van der Waals surface area contributed by atoms with E-state index in [4.69, 9.17) is 9.47 Å². The molecule has 1 N–H and O–H groups in total. The van der Waals surface area contributed by atoms with Crippen LogP contribution in [0.3, 0.4) is 0 Å². The number of halogens is 1. The quantitative estimate of drug-likeness (QED) is 0.821. The SMILES string of the molecule is C=CCNC(=O)C(C)Oc1ccc(OC)cc1Br. The van der Waals surface area contributed by atoms with Crippen molar-refractivity contribution >= 4 is 21.8 Å². The second-order valence-corrected chi connectivity index (χ2v) is 4.44. The molecular weight excluding hydrogens is 298 g/mol. The Labute approximate surface area is 115 Å². The van der Waals surface area contributed by atoms with E-state index in [1.807, 2.05) is 0 Å². The summed E-state index contributed by atoms with van der Waals surface area (Å²) in [6, 6.07) is 5.30. The van der Waals surface area contributed by atoms with Gasteiger partial charge in [-0.05, 0) is 41.1 Å². The minimum absolute atomic E-state index is 0.183. The highest BCUT2D eigenvalue weighted by atomic mass is 79.9. The lowest BCUT2D eigenvalue weighted by molar-refractivity contribution is -0.127. The summed E-state index contributed by atoms with van der Waals surface area (Å²) in [7, 11) is 1.59. The molecule has 1 aromatic carbocycles. The zero-order valence-electron chi connectivity index (χ0n) is 10.4. The maximum absolute atomic E-state index is 11.6. The van der Waals surface area contributed by atoms with Gasteiger partial charge in [-0.3, -0.25) is 4.79 Å². The van der Waals surface area contributed by atoms with Gasteiger partial charge >= 0.3 is 0 Å². The topological polar surface area (TPSA) is 47.6 Å². The monoisotopic (exact) mass is 313 g/mol. The highest BCUT2D eigenvalue weighted by molar-refractivity contribution is 9.10. The maximum Gasteiger partial charge on any atom is 0.261 e. The standard InChI is InChI=1S/C13H16BrNO3/c1-4-7-15-13(16)9(2)18-12-6-5-10(17-3)8-11(12)14/h4-6,8-9H,1,7H2,2-3H3,(H,15,16). The number of hydrogen-bond acceptors (Lipinski definition) is 3. The van der Waals surface area contributed by atoms with Gasteiger partial charge in [-0.2, -0.15) is 0 Å². The lowest BCUT2D eigenvalue weighted by Gasteiger charge is -2.15. The van der Waals surface area contributed by atoms with Gasteiger partial charge in [0.1, 0.15) is 11.5 Å². The van der Waals surface area contributed by atoms with E-state index in [9.17, 15) is 4.79 Å². The van der Waals surface area contributed by atoms with E-state index in [1.54, 1.807) is 38.3 Å². The van der Waals surface area contributed by atoms with Gasteiger partial charge in [0.2, 0.25) is 0 Å². The Balaban J connectivity index is 2.66. The molecule has 0 aliphatic heterocycles. The van der Waals surface area contributed by atoms with Crippen molar-refractivity contribution in [3.63, 3.8) is 0 Å². The van der Waals surface area contributed by atoms with Crippen molar-refractivity contribution in [2.45, 2.75) is 13.0 Å². The summed E-state index contributed by atoms with van der Waals surface area (Å²) in [5.41, 5.74) is 0. The third-order valence-electron chi connectivity index (χ3n) is 2.23. The lowest BCUT2D eigenvalue weighted by Crippen LogP contribution is -2.36. The second kappa shape index (κ2) is 7.06. The van der Waals surface area contributed by atoms with Gasteiger partial charge < -0.3 is 14.8 Å². The predicted molar refractivity (Wildman–Crippen MR) is 74.0 cm³/mol. The number of hydrogen-bond donors (Lipinski definition) is 1. The number of carbonyl (C=O) groups excluding carboxylic acids is 1. The second-order valence-electron chi connectivity index (χ2n) is 3.59. The first kappa shape index (κ1) is 14.6. The number of benzene rings is 1. The summed E-state index contributed by atoms with van der Waals surface area (Å²) in [6.07, 6.45) is 1.04. The van der Waals surface area contributed by atoms with Crippen LogP contribution >= 0.6 is 15.9 Å². The van der Waals surface area contributed by atoms with E-state index in [-0.39, 0.29) is 5.91 Å². The molecular formula is C13H16BrNO3. The number of amides is 1. The molecule has 1 rings (SSSR count). The molecule has 1 atom stereocenters. The molecule has 98 valence electrons. The Morgan fingerprint density at radius 2 is 2.33 bits per heavy atom. The van der Waals surface area contributed by atoms with E-state index in [2.05, 4.69) is 27.8 Å². The molecule has 1 amide bonds. The smallest absolute Gasteiger partial charge is 0.261 e. The molecule has 0 spiro atoms. The van der Waals surface area contributed by atoms with Gasteiger partial charge in [0, 0.05) is 6.54 Å². The van der Waals surface area contributed by atoms with Crippen molar-refractivity contribution < 1.29 is 14.3 Å². The summed E-state index contributed by atoms with van der Waals surface area (Å²) in [6.45, 7) is 5.65. The summed E-state index contributed by atoms with van der Waals surface area (Å²) < 4.78 is 11.4. The number of rotatable bonds is 6. The third-order valence-corrected chi connectivity index (χ3v) is 2.85. The molecule has 0 radical (unpaired) electrons. The van der Waals surface area contributed by atoms with E-state index in [0.717, 1.165) is 10.2 Å². The molecule has 0 aromatic heterocycles. The van der Waals surface area contributed by atoms with Crippen LogP contribution in [0.5, 0.6) is 11.5 Å². The van der Waals surface area contributed by atoms with Crippen LogP contribution in [0.25, 0.3) is 0 Å². The first-order chi connectivity index (χ1) is 8.58. The average Bonchev–Trinajstić information content (AvgIpc) is 2.38. The van der Waals surface area contributed by atoms with Crippen molar-refractivity contribution in [3.8, 4) is 11.5 Å². The van der Waals surface area contributed by atoms with Crippen LogP contribution in [-0.4, -0.2) is 25.7 Å². The van der Waals surface area contributed by atoms with E-state index in [0.29, 0.717) is 12.3 Å². The Kier molecular flexibility index (Phi) is 5.71. The van der Waals surface area contributed by atoms with Crippen molar-refractivity contribution in [2.24, 2.45) is 0 Å². The molecule has 5 heteroatoms. The highest BCUT2D eigenvalue weighted by Crippen LogP contribution is 2.29. The molecule has 4 nitrogen and oxygen atoms in total. The van der Waals surface area contributed by atoms with E-state index >= 15 is 0 Å². The van der Waals surface area contributed by atoms with Gasteiger partial charge in [-0.25, -0.2) is 0 Å². The van der Waals surface area contributed by atoms with Crippen molar-refractivity contribution in [1.29, 1.82) is 0 Å². The largest absolute Gasteiger partial charge is 0.497 e. The van der Waals surface area contributed by atoms with E-state index in [1.165, 1.54) is 0 Å². The van der Waals surface area contributed by atoms with Crippen LogP contribution in [0.1, 0.15) is 6.92 Å². The first-order valence-corrected chi connectivity index (χ1v) is 6.26. The average molecular weight is 314 g/mol. The van der Waals surface area contributed by atoms with Gasteiger partial charge in [0.15, 0.2) is 6.10 Å². The normalized spacial score (nSPS) is 11.5. The molecule has 0 saturated carbocycles. The van der Waals surface area contributed by atoms with Gasteiger partial charge in [0.05, 0.1) is 11.6 Å². The van der Waals surface area contributed by atoms with Crippen LogP contribution in [0.2, 0.25) is 0 Å². The summed E-state index contributed by atoms with van der Waals surface area (Å²) in [4.78, 5) is 11.6. The van der Waals surface area contributed by atoms with Crippen LogP contribution in [0, 0.1) is 0 Å². The number of methoxy groups -OCH3 is 1. The molecule has 0 heterocycles. The van der Waals surface area contributed by atoms with Gasteiger partial charge in [-0.15, -0.1) is 6.58 Å². The lowest BCUT2D eigenvalue weighted by atomic mass is 10.3. The summed E-state index contributed by atoms with van der Waals surface area (Å²) in [5.74, 6) is 1.13. The van der Waals surface area contributed by atoms with Gasteiger partial charge in [-0.1, -0.05) is 6.08 Å². The number of nitrogens with one attached hydrogen (secondary N) is 1. The first-order valence-electron chi connectivity index (χ1n) is 5.47. The predicted octanol–water partition coefficient (Wildman–Crippen LogP) is 2.53. The Morgan fingerprint density at radius 3 is 2.89 bits per heavy atom. The maximum atomic E-state index is 11.6. The molecule has 0 bridgehead atoms. The van der Waals surface area contributed by atoms with Gasteiger partial charge in [0.25, 0.3) is 5.91 Å². The number of ether oxygens (including phenoxy) is 2.